The molecule has 0 aliphatic carbocycles. The number of ether oxygens (including phenoxy) is 1. The third kappa shape index (κ3) is 4.07. The van der Waals surface area contributed by atoms with Gasteiger partial charge in [-0.2, -0.15) is 0 Å². The van der Waals surface area contributed by atoms with Crippen molar-refractivity contribution in [1.29, 1.82) is 0 Å². The number of hydrogen-bond acceptors (Lipinski definition) is 2. The number of benzene rings is 3. The Morgan fingerprint density at radius 3 is 2.44 bits per heavy atom. The molecule has 0 radical (unpaired) electrons. The highest BCUT2D eigenvalue weighted by Crippen LogP contribution is 2.26. The van der Waals surface area contributed by atoms with Crippen LogP contribution in [0.3, 0.4) is 0 Å². The van der Waals surface area contributed by atoms with E-state index >= 15 is 0 Å². The number of carbonyl (C=O) groups excluding carboxylic acids is 1. The van der Waals surface area contributed by atoms with Gasteiger partial charge in [-0.15, -0.1) is 0 Å². The maximum absolute atomic E-state index is 12.8. The number of rotatable bonds is 5. The summed E-state index contributed by atoms with van der Waals surface area (Å²) in [7, 11) is 1.60. The summed E-state index contributed by atoms with van der Waals surface area (Å²) in [4.78, 5) is 12.8. The lowest BCUT2D eigenvalue weighted by molar-refractivity contribution is 0.102. The molecule has 0 saturated carbocycles. The highest BCUT2D eigenvalue weighted by atomic mass is 16.5. The van der Waals surface area contributed by atoms with Gasteiger partial charge in [0.15, 0.2) is 0 Å². The molecule has 3 heteroatoms. The third-order valence-electron chi connectivity index (χ3n) is 4.10. The molecule has 3 aromatic carbocycles. The molecule has 0 bridgehead atoms. The SMILES string of the molecule is COc1ccc(C)cc1NC(=O)c1ccccc1Cc1ccccc1. The van der Waals surface area contributed by atoms with E-state index in [1.165, 1.54) is 5.56 Å². The molecule has 3 nitrogen and oxygen atoms in total. The normalized spacial score (nSPS) is 10.3. The Labute approximate surface area is 148 Å². The minimum absolute atomic E-state index is 0.129. The first-order valence-electron chi connectivity index (χ1n) is 8.25. The predicted octanol–water partition coefficient (Wildman–Crippen LogP) is 4.85. The molecule has 0 aliphatic rings. The van der Waals surface area contributed by atoms with Gasteiger partial charge in [-0.05, 0) is 48.2 Å². The number of methoxy groups -OCH3 is 1. The average molecular weight is 331 g/mol. The van der Waals surface area contributed by atoms with E-state index in [0.717, 1.165) is 17.5 Å². The first-order valence-corrected chi connectivity index (χ1v) is 8.25. The second kappa shape index (κ2) is 7.67. The van der Waals surface area contributed by atoms with E-state index in [2.05, 4.69) is 17.4 Å². The van der Waals surface area contributed by atoms with E-state index in [-0.39, 0.29) is 5.91 Å². The van der Waals surface area contributed by atoms with Gasteiger partial charge >= 0.3 is 0 Å². The molecule has 3 rings (SSSR count). The molecule has 0 fully saturated rings. The fourth-order valence-corrected chi connectivity index (χ4v) is 2.82. The maximum Gasteiger partial charge on any atom is 0.256 e. The Morgan fingerprint density at radius 2 is 1.68 bits per heavy atom. The number of hydrogen-bond donors (Lipinski definition) is 1. The lowest BCUT2D eigenvalue weighted by atomic mass is 9.99. The Balaban J connectivity index is 1.87. The van der Waals surface area contributed by atoms with Crippen LogP contribution in [0.15, 0.2) is 72.8 Å². The molecule has 1 N–H and O–H groups in total. The van der Waals surface area contributed by atoms with E-state index in [0.29, 0.717) is 17.0 Å². The van der Waals surface area contributed by atoms with Crippen LogP contribution in [-0.2, 0) is 6.42 Å². The van der Waals surface area contributed by atoms with Gasteiger partial charge < -0.3 is 10.1 Å². The summed E-state index contributed by atoms with van der Waals surface area (Å²) >= 11 is 0. The number of anilines is 1. The van der Waals surface area contributed by atoms with Crippen molar-refractivity contribution in [3.05, 3.63) is 95.1 Å². The van der Waals surface area contributed by atoms with Crippen molar-refractivity contribution in [1.82, 2.24) is 0 Å². The fraction of sp³-hybridized carbons (Fsp3) is 0.136. The van der Waals surface area contributed by atoms with Crippen LogP contribution in [0.5, 0.6) is 5.75 Å². The molecular weight excluding hydrogens is 310 g/mol. The summed E-state index contributed by atoms with van der Waals surface area (Å²) in [5, 5.41) is 2.98. The Hall–Kier alpha value is -3.07. The third-order valence-corrected chi connectivity index (χ3v) is 4.10. The van der Waals surface area contributed by atoms with Crippen LogP contribution in [0.1, 0.15) is 27.0 Å². The number of amides is 1. The quantitative estimate of drug-likeness (QED) is 0.726. The van der Waals surface area contributed by atoms with Crippen molar-refractivity contribution < 1.29 is 9.53 Å². The van der Waals surface area contributed by atoms with E-state index in [1.807, 2.05) is 67.6 Å². The maximum atomic E-state index is 12.8. The second-order valence-electron chi connectivity index (χ2n) is 5.98. The van der Waals surface area contributed by atoms with Gasteiger partial charge in [0.1, 0.15) is 5.75 Å². The molecule has 0 unspecified atom stereocenters. The summed E-state index contributed by atoms with van der Waals surface area (Å²) in [5.41, 5.74) is 4.60. The minimum Gasteiger partial charge on any atom is -0.495 e. The van der Waals surface area contributed by atoms with Crippen LogP contribution < -0.4 is 10.1 Å². The zero-order chi connectivity index (χ0) is 17.6. The highest BCUT2D eigenvalue weighted by Gasteiger charge is 2.14. The Kier molecular flexibility index (Phi) is 5.14. The van der Waals surface area contributed by atoms with E-state index in [4.69, 9.17) is 4.74 Å². The van der Waals surface area contributed by atoms with Gasteiger partial charge in [0.05, 0.1) is 12.8 Å². The lowest BCUT2D eigenvalue weighted by Gasteiger charge is -2.13. The highest BCUT2D eigenvalue weighted by molar-refractivity contribution is 6.06. The van der Waals surface area contributed by atoms with Crippen LogP contribution >= 0.6 is 0 Å². The van der Waals surface area contributed by atoms with Crippen molar-refractivity contribution in [2.75, 3.05) is 12.4 Å². The summed E-state index contributed by atoms with van der Waals surface area (Å²) < 4.78 is 5.35. The first kappa shape index (κ1) is 16.8. The molecule has 25 heavy (non-hydrogen) atoms. The smallest absolute Gasteiger partial charge is 0.256 e. The van der Waals surface area contributed by atoms with E-state index in [9.17, 15) is 4.79 Å². The van der Waals surface area contributed by atoms with Gasteiger partial charge in [0.2, 0.25) is 0 Å². The molecule has 0 aromatic heterocycles. The van der Waals surface area contributed by atoms with Crippen LogP contribution in [0.25, 0.3) is 0 Å². The number of aryl methyl sites for hydroxylation is 1. The molecule has 0 heterocycles. The predicted molar refractivity (Wildman–Crippen MR) is 101 cm³/mol. The summed E-state index contributed by atoms with van der Waals surface area (Å²) in [6.45, 7) is 1.98. The molecule has 0 spiro atoms. The van der Waals surface area contributed by atoms with Crippen LogP contribution in [0, 0.1) is 6.92 Å². The molecule has 0 atom stereocenters. The Bertz CT molecular complexity index is 872. The summed E-state index contributed by atoms with van der Waals surface area (Å²) in [6.07, 6.45) is 0.718. The zero-order valence-corrected chi connectivity index (χ0v) is 14.5. The topological polar surface area (TPSA) is 38.3 Å². The second-order valence-corrected chi connectivity index (χ2v) is 5.98. The molecule has 126 valence electrons. The summed E-state index contributed by atoms with van der Waals surface area (Å²) in [5.74, 6) is 0.523. The van der Waals surface area contributed by atoms with Gasteiger partial charge in [-0.1, -0.05) is 54.6 Å². The molecule has 0 aliphatic heterocycles. The van der Waals surface area contributed by atoms with Crippen LogP contribution in [0.2, 0.25) is 0 Å². The molecule has 3 aromatic rings. The average Bonchev–Trinajstić information content (AvgIpc) is 2.63. The van der Waals surface area contributed by atoms with Gasteiger partial charge in [0, 0.05) is 5.56 Å². The van der Waals surface area contributed by atoms with Crippen molar-refractivity contribution >= 4 is 11.6 Å². The molecule has 1 amide bonds. The van der Waals surface area contributed by atoms with Crippen molar-refractivity contribution in [3.8, 4) is 5.75 Å². The van der Waals surface area contributed by atoms with Crippen LogP contribution in [0.4, 0.5) is 5.69 Å². The van der Waals surface area contributed by atoms with E-state index < -0.39 is 0 Å². The number of carbonyl (C=O) groups is 1. The zero-order valence-electron chi connectivity index (χ0n) is 14.5. The van der Waals surface area contributed by atoms with Gasteiger partial charge in [-0.3, -0.25) is 4.79 Å². The fourth-order valence-electron chi connectivity index (χ4n) is 2.82. The largest absolute Gasteiger partial charge is 0.495 e. The standard InChI is InChI=1S/C22H21NO2/c1-16-12-13-21(25-2)20(14-16)23-22(24)19-11-7-6-10-18(19)15-17-8-4-3-5-9-17/h3-14H,15H2,1-2H3,(H,23,24). The van der Waals surface area contributed by atoms with Gasteiger partial charge in [0.25, 0.3) is 5.91 Å². The number of nitrogens with one attached hydrogen (secondary N) is 1. The van der Waals surface area contributed by atoms with Crippen LogP contribution in [-0.4, -0.2) is 13.0 Å². The van der Waals surface area contributed by atoms with Crippen molar-refractivity contribution in [2.45, 2.75) is 13.3 Å². The monoisotopic (exact) mass is 331 g/mol. The molecular formula is C22H21NO2. The Morgan fingerprint density at radius 1 is 0.960 bits per heavy atom. The lowest BCUT2D eigenvalue weighted by Crippen LogP contribution is -2.15. The van der Waals surface area contributed by atoms with E-state index in [1.54, 1.807) is 7.11 Å². The molecule has 0 saturated heterocycles. The van der Waals surface area contributed by atoms with Gasteiger partial charge in [-0.25, -0.2) is 0 Å². The minimum atomic E-state index is -0.129. The first-order chi connectivity index (χ1) is 12.2. The van der Waals surface area contributed by atoms with Crippen molar-refractivity contribution in [3.63, 3.8) is 0 Å². The summed E-state index contributed by atoms with van der Waals surface area (Å²) in [6, 6.07) is 23.6. The van der Waals surface area contributed by atoms with Crippen molar-refractivity contribution in [2.24, 2.45) is 0 Å².